The van der Waals surface area contributed by atoms with Crippen molar-refractivity contribution in [3.05, 3.63) is 26.6 Å². The summed E-state index contributed by atoms with van der Waals surface area (Å²) < 4.78 is 2.30. The largest absolute Gasteiger partial charge is 0.341 e. The number of hydrogen-bond acceptors (Lipinski definition) is 7. The molecule has 1 aliphatic heterocycles. The molecule has 3 aromatic heterocycles. The second-order valence-corrected chi connectivity index (χ2v) is 9.49. The van der Waals surface area contributed by atoms with E-state index in [1.807, 2.05) is 13.8 Å². The molecular formula is C18H22N6OS2. The van der Waals surface area contributed by atoms with Crippen LogP contribution in [0.1, 0.15) is 48.0 Å². The Hall–Kier alpha value is -1.87. The van der Waals surface area contributed by atoms with Crippen molar-refractivity contribution in [2.24, 2.45) is 0 Å². The molecule has 1 saturated heterocycles. The third-order valence-corrected chi connectivity index (χ3v) is 7.43. The summed E-state index contributed by atoms with van der Waals surface area (Å²) in [4.78, 5) is 24.4. The Balaban J connectivity index is 1.42. The SMILES string of the molecule is Cc1sc2nc(CSc3nnc(N4CCCC4)n3C3CC3)[nH]c(=O)c2c1C. The van der Waals surface area contributed by atoms with Gasteiger partial charge in [0.05, 0.1) is 11.1 Å². The van der Waals surface area contributed by atoms with Gasteiger partial charge in [-0.1, -0.05) is 11.8 Å². The Kier molecular flexibility index (Phi) is 4.23. The molecule has 1 N–H and O–H groups in total. The fourth-order valence-corrected chi connectivity index (χ4v) is 5.57. The molecule has 0 amide bonds. The third kappa shape index (κ3) is 3.06. The van der Waals surface area contributed by atoms with Crippen LogP contribution in [0.15, 0.2) is 9.95 Å². The summed E-state index contributed by atoms with van der Waals surface area (Å²) in [5.74, 6) is 2.30. The van der Waals surface area contributed by atoms with Crippen molar-refractivity contribution in [2.45, 2.75) is 56.5 Å². The molecule has 4 heterocycles. The standard InChI is InChI=1S/C18H22N6OS2/c1-10-11(2)27-16-14(10)15(25)19-13(20-16)9-26-18-22-21-17(23-7-3-4-8-23)24(18)12-5-6-12/h12H,3-9H2,1-2H3,(H,19,20,25). The van der Waals surface area contributed by atoms with Crippen LogP contribution in [0.4, 0.5) is 5.95 Å². The minimum atomic E-state index is -0.0427. The highest BCUT2D eigenvalue weighted by Crippen LogP contribution is 2.41. The second-order valence-electron chi connectivity index (χ2n) is 7.34. The zero-order chi connectivity index (χ0) is 18.5. The summed E-state index contributed by atoms with van der Waals surface area (Å²) in [6.45, 7) is 6.15. The van der Waals surface area contributed by atoms with Crippen molar-refractivity contribution in [1.29, 1.82) is 0 Å². The monoisotopic (exact) mass is 402 g/mol. The molecule has 0 atom stereocenters. The van der Waals surface area contributed by atoms with Gasteiger partial charge < -0.3 is 9.88 Å². The van der Waals surface area contributed by atoms with Gasteiger partial charge in [0.25, 0.3) is 5.56 Å². The topological polar surface area (TPSA) is 79.7 Å². The molecule has 1 aliphatic carbocycles. The first-order chi connectivity index (χ1) is 13.1. The van der Waals surface area contributed by atoms with E-state index in [0.717, 1.165) is 44.9 Å². The quantitative estimate of drug-likeness (QED) is 0.659. The van der Waals surface area contributed by atoms with E-state index in [-0.39, 0.29) is 5.56 Å². The van der Waals surface area contributed by atoms with Crippen LogP contribution < -0.4 is 10.5 Å². The van der Waals surface area contributed by atoms with Crippen LogP contribution in [0.2, 0.25) is 0 Å². The first kappa shape index (κ1) is 17.2. The lowest BCUT2D eigenvalue weighted by molar-refractivity contribution is 0.651. The molecule has 27 heavy (non-hydrogen) atoms. The Morgan fingerprint density at radius 1 is 1.22 bits per heavy atom. The van der Waals surface area contributed by atoms with Gasteiger partial charge in [0.2, 0.25) is 5.95 Å². The number of aromatic nitrogens is 5. The Labute approximate surface area is 165 Å². The van der Waals surface area contributed by atoms with Crippen molar-refractivity contribution >= 4 is 39.3 Å². The average molecular weight is 403 g/mol. The molecule has 7 nitrogen and oxygen atoms in total. The molecule has 9 heteroatoms. The Morgan fingerprint density at radius 2 is 2.00 bits per heavy atom. The Morgan fingerprint density at radius 3 is 2.74 bits per heavy atom. The van der Waals surface area contributed by atoms with Crippen LogP contribution in [0, 0.1) is 13.8 Å². The number of aryl methyl sites for hydroxylation is 2. The molecule has 0 aromatic carbocycles. The van der Waals surface area contributed by atoms with Crippen molar-refractivity contribution in [3.8, 4) is 0 Å². The van der Waals surface area contributed by atoms with Gasteiger partial charge in [-0.25, -0.2) is 4.98 Å². The van der Waals surface area contributed by atoms with Gasteiger partial charge >= 0.3 is 0 Å². The highest BCUT2D eigenvalue weighted by Gasteiger charge is 2.32. The number of thiophene rings is 1. The van der Waals surface area contributed by atoms with Crippen LogP contribution in [0.25, 0.3) is 10.2 Å². The molecule has 0 spiro atoms. The molecule has 0 bridgehead atoms. The molecule has 2 fully saturated rings. The van der Waals surface area contributed by atoms with E-state index >= 15 is 0 Å². The van der Waals surface area contributed by atoms with E-state index in [1.54, 1.807) is 23.1 Å². The van der Waals surface area contributed by atoms with Gasteiger partial charge in [0.1, 0.15) is 10.7 Å². The van der Waals surface area contributed by atoms with Crippen LogP contribution >= 0.6 is 23.1 Å². The number of fused-ring (bicyclic) bond motifs is 1. The smallest absolute Gasteiger partial charge is 0.259 e. The zero-order valence-electron chi connectivity index (χ0n) is 15.5. The molecule has 0 radical (unpaired) electrons. The predicted molar refractivity (Wildman–Crippen MR) is 109 cm³/mol. The number of aromatic amines is 1. The van der Waals surface area contributed by atoms with Crippen LogP contribution in [0.5, 0.6) is 0 Å². The zero-order valence-corrected chi connectivity index (χ0v) is 17.1. The molecular weight excluding hydrogens is 380 g/mol. The molecule has 3 aromatic rings. The number of anilines is 1. The van der Waals surface area contributed by atoms with Crippen molar-refractivity contribution in [1.82, 2.24) is 24.7 Å². The summed E-state index contributed by atoms with van der Waals surface area (Å²) in [5.41, 5.74) is 0.991. The number of nitrogens with one attached hydrogen (secondary N) is 1. The normalized spacial score (nSPS) is 17.3. The van der Waals surface area contributed by atoms with Gasteiger partial charge in [-0.05, 0) is 45.1 Å². The minimum Gasteiger partial charge on any atom is -0.341 e. The fraction of sp³-hybridized carbons (Fsp3) is 0.556. The number of hydrogen-bond donors (Lipinski definition) is 1. The summed E-state index contributed by atoms with van der Waals surface area (Å²) in [7, 11) is 0. The summed E-state index contributed by atoms with van der Waals surface area (Å²) in [6, 6.07) is 0.523. The third-order valence-electron chi connectivity index (χ3n) is 5.37. The minimum absolute atomic E-state index is 0.0427. The van der Waals surface area contributed by atoms with Gasteiger partial charge in [0.15, 0.2) is 5.16 Å². The molecule has 2 aliphatic rings. The van der Waals surface area contributed by atoms with E-state index in [0.29, 0.717) is 17.6 Å². The van der Waals surface area contributed by atoms with Crippen molar-refractivity contribution in [2.75, 3.05) is 18.0 Å². The van der Waals surface area contributed by atoms with E-state index in [2.05, 4.69) is 29.6 Å². The van der Waals surface area contributed by atoms with Crippen molar-refractivity contribution < 1.29 is 0 Å². The molecule has 1 saturated carbocycles. The van der Waals surface area contributed by atoms with Gasteiger partial charge in [-0.3, -0.25) is 9.36 Å². The number of thioether (sulfide) groups is 1. The lowest BCUT2D eigenvalue weighted by Crippen LogP contribution is -2.22. The van der Waals surface area contributed by atoms with E-state index in [4.69, 9.17) is 0 Å². The first-order valence-corrected chi connectivity index (χ1v) is 11.2. The first-order valence-electron chi connectivity index (χ1n) is 9.43. The number of nitrogens with zero attached hydrogens (tertiary/aromatic N) is 5. The van der Waals surface area contributed by atoms with Crippen LogP contribution in [-0.2, 0) is 5.75 Å². The molecule has 5 rings (SSSR count). The van der Waals surface area contributed by atoms with E-state index < -0.39 is 0 Å². The van der Waals surface area contributed by atoms with Crippen LogP contribution in [0.3, 0.4) is 0 Å². The highest BCUT2D eigenvalue weighted by atomic mass is 32.2. The average Bonchev–Trinajstić information content (AvgIpc) is 3.05. The predicted octanol–water partition coefficient (Wildman–Crippen LogP) is 3.42. The highest BCUT2D eigenvalue weighted by molar-refractivity contribution is 7.98. The lowest BCUT2D eigenvalue weighted by Gasteiger charge is -2.17. The van der Waals surface area contributed by atoms with E-state index in [9.17, 15) is 4.79 Å². The maximum atomic E-state index is 12.5. The fourth-order valence-electron chi connectivity index (χ4n) is 3.65. The van der Waals surface area contributed by atoms with Gasteiger partial charge in [-0.2, -0.15) is 0 Å². The second kappa shape index (κ2) is 6.63. The number of H-pyrrole nitrogens is 1. The van der Waals surface area contributed by atoms with Gasteiger partial charge in [-0.15, -0.1) is 21.5 Å². The van der Waals surface area contributed by atoms with Crippen LogP contribution in [-0.4, -0.2) is 37.8 Å². The number of rotatable bonds is 5. The van der Waals surface area contributed by atoms with Gasteiger partial charge in [0, 0.05) is 24.0 Å². The molecule has 142 valence electrons. The Bertz CT molecular complexity index is 1060. The van der Waals surface area contributed by atoms with Crippen molar-refractivity contribution in [3.63, 3.8) is 0 Å². The lowest BCUT2D eigenvalue weighted by atomic mass is 10.2. The summed E-state index contributed by atoms with van der Waals surface area (Å²) in [5, 5.41) is 10.6. The maximum absolute atomic E-state index is 12.5. The summed E-state index contributed by atoms with van der Waals surface area (Å²) in [6.07, 6.45) is 4.85. The summed E-state index contributed by atoms with van der Waals surface area (Å²) >= 11 is 3.20. The molecule has 0 unspecified atom stereocenters. The van der Waals surface area contributed by atoms with E-state index in [1.165, 1.54) is 25.7 Å². The maximum Gasteiger partial charge on any atom is 0.259 e.